The van der Waals surface area contributed by atoms with E-state index in [1.54, 1.807) is 7.11 Å². The molecular weight excluding hydrogens is 230 g/mol. The highest BCUT2D eigenvalue weighted by atomic mass is 32.2. The van der Waals surface area contributed by atoms with Crippen LogP contribution in [-0.2, 0) is 6.42 Å². The quantitative estimate of drug-likeness (QED) is 0.869. The summed E-state index contributed by atoms with van der Waals surface area (Å²) in [5, 5.41) is 4.26. The lowest BCUT2D eigenvalue weighted by molar-refractivity contribution is 0.410. The Hall–Kier alpha value is -0.670. The summed E-state index contributed by atoms with van der Waals surface area (Å²) < 4.78 is 5.37. The summed E-state index contributed by atoms with van der Waals surface area (Å²) in [5.41, 5.74) is 1.33. The van der Waals surface area contributed by atoms with Crippen molar-refractivity contribution in [1.82, 2.24) is 5.32 Å². The van der Waals surface area contributed by atoms with E-state index >= 15 is 0 Å². The van der Waals surface area contributed by atoms with E-state index < -0.39 is 0 Å². The van der Waals surface area contributed by atoms with Crippen molar-refractivity contribution >= 4 is 11.8 Å². The normalized spacial score (nSPS) is 20.2. The average molecular weight is 251 g/mol. The molecule has 0 radical (unpaired) electrons. The van der Waals surface area contributed by atoms with Crippen LogP contribution in [0.2, 0.25) is 0 Å². The number of ether oxygens (including phenoxy) is 1. The zero-order chi connectivity index (χ0) is 11.9. The molecule has 1 heterocycles. The van der Waals surface area contributed by atoms with Crippen LogP contribution in [0.4, 0.5) is 0 Å². The highest BCUT2D eigenvalue weighted by molar-refractivity contribution is 7.99. The van der Waals surface area contributed by atoms with Crippen LogP contribution in [0.3, 0.4) is 0 Å². The molecule has 1 aliphatic heterocycles. The van der Waals surface area contributed by atoms with Crippen LogP contribution in [0, 0.1) is 0 Å². The van der Waals surface area contributed by atoms with Crippen LogP contribution < -0.4 is 10.1 Å². The summed E-state index contributed by atoms with van der Waals surface area (Å²) in [4.78, 5) is 0. The fourth-order valence-corrected chi connectivity index (χ4v) is 3.45. The van der Waals surface area contributed by atoms with E-state index in [0.717, 1.165) is 17.4 Å². The number of thioether (sulfide) groups is 1. The maximum absolute atomic E-state index is 5.37. The molecule has 17 heavy (non-hydrogen) atoms. The van der Waals surface area contributed by atoms with E-state index in [-0.39, 0.29) is 0 Å². The Balaban J connectivity index is 1.77. The Labute approximate surface area is 108 Å². The Morgan fingerprint density at radius 2 is 2.29 bits per heavy atom. The van der Waals surface area contributed by atoms with Gasteiger partial charge in [0, 0.05) is 11.8 Å². The second-order valence-corrected chi connectivity index (χ2v) is 5.81. The third-order valence-corrected chi connectivity index (χ3v) is 4.48. The first-order valence-corrected chi connectivity index (χ1v) is 7.39. The van der Waals surface area contributed by atoms with Gasteiger partial charge in [-0.25, -0.2) is 0 Å². The van der Waals surface area contributed by atoms with Crippen molar-refractivity contribution in [1.29, 1.82) is 0 Å². The van der Waals surface area contributed by atoms with Gasteiger partial charge in [0.1, 0.15) is 5.75 Å². The average Bonchev–Trinajstić information content (AvgIpc) is 2.40. The Bertz CT molecular complexity index is 337. The van der Waals surface area contributed by atoms with Crippen LogP contribution in [0.5, 0.6) is 5.75 Å². The molecule has 1 N–H and O–H groups in total. The molecule has 2 rings (SSSR count). The number of methoxy groups -OCH3 is 1. The van der Waals surface area contributed by atoms with Gasteiger partial charge < -0.3 is 10.1 Å². The molecule has 0 aliphatic carbocycles. The molecule has 0 amide bonds. The SMILES string of the molecule is COc1ccccc1CCSC1CCCNC1. The number of rotatable bonds is 5. The molecule has 2 nitrogen and oxygen atoms in total. The van der Waals surface area contributed by atoms with E-state index in [0.29, 0.717) is 0 Å². The van der Waals surface area contributed by atoms with Crippen molar-refractivity contribution < 1.29 is 4.74 Å². The monoisotopic (exact) mass is 251 g/mol. The predicted molar refractivity (Wildman–Crippen MR) is 75.0 cm³/mol. The molecule has 0 aromatic heterocycles. The number of para-hydroxylation sites is 1. The first-order valence-electron chi connectivity index (χ1n) is 6.34. The van der Waals surface area contributed by atoms with Gasteiger partial charge in [0.25, 0.3) is 0 Å². The number of hydrogen-bond acceptors (Lipinski definition) is 3. The molecular formula is C14H21NOS. The van der Waals surface area contributed by atoms with Crippen molar-refractivity contribution in [2.45, 2.75) is 24.5 Å². The highest BCUT2D eigenvalue weighted by Crippen LogP contribution is 2.23. The number of nitrogens with one attached hydrogen (secondary N) is 1. The molecule has 94 valence electrons. The Morgan fingerprint density at radius 3 is 3.06 bits per heavy atom. The molecule has 1 aromatic carbocycles. The predicted octanol–water partition coefficient (Wildman–Crippen LogP) is 2.72. The fraction of sp³-hybridized carbons (Fsp3) is 0.571. The first kappa shape index (κ1) is 12.8. The molecule has 1 fully saturated rings. The van der Waals surface area contributed by atoms with Crippen molar-refractivity contribution in [3.63, 3.8) is 0 Å². The molecule has 3 heteroatoms. The summed E-state index contributed by atoms with van der Waals surface area (Å²) in [6.45, 7) is 2.38. The zero-order valence-electron chi connectivity index (χ0n) is 10.4. The van der Waals surface area contributed by atoms with Gasteiger partial charge in [-0.3, -0.25) is 0 Å². The molecule has 1 atom stereocenters. The first-order chi connectivity index (χ1) is 8.40. The molecule has 1 aliphatic rings. The second-order valence-electron chi connectivity index (χ2n) is 4.40. The van der Waals surface area contributed by atoms with Crippen molar-refractivity contribution in [3.05, 3.63) is 29.8 Å². The van der Waals surface area contributed by atoms with E-state index in [9.17, 15) is 0 Å². The Morgan fingerprint density at radius 1 is 1.41 bits per heavy atom. The lowest BCUT2D eigenvalue weighted by Crippen LogP contribution is -2.31. The van der Waals surface area contributed by atoms with E-state index in [1.165, 1.54) is 37.2 Å². The summed E-state index contributed by atoms with van der Waals surface area (Å²) in [7, 11) is 1.75. The lowest BCUT2D eigenvalue weighted by atomic mass is 10.1. The topological polar surface area (TPSA) is 21.3 Å². The van der Waals surface area contributed by atoms with E-state index in [2.05, 4.69) is 29.2 Å². The summed E-state index contributed by atoms with van der Waals surface area (Å²) in [5.74, 6) is 2.21. The van der Waals surface area contributed by atoms with Gasteiger partial charge in [-0.1, -0.05) is 18.2 Å². The fourth-order valence-electron chi connectivity index (χ4n) is 2.21. The molecule has 0 saturated carbocycles. The van der Waals surface area contributed by atoms with Crippen LogP contribution in [0.1, 0.15) is 18.4 Å². The standard InChI is InChI=1S/C14H21NOS/c1-16-14-7-3-2-5-12(14)8-10-17-13-6-4-9-15-11-13/h2-3,5,7,13,15H,4,6,8-11H2,1H3. The van der Waals surface area contributed by atoms with Gasteiger partial charge in [-0.2, -0.15) is 11.8 Å². The van der Waals surface area contributed by atoms with Crippen LogP contribution in [-0.4, -0.2) is 31.2 Å². The largest absolute Gasteiger partial charge is 0.496 e. The van der Waals surface area contributed by atoms with E-state index in [4.69, 9.17) is 4.74 Å². The molecule has 0 bridgehead atoms. The van der Waals surface area contributed by atoms with Gasteiger partial charge in [-0.05, 0) is 43.2 Å². The van der Waals surface area contributed by atoms with Gasteiger partial charge in [0.15, 0.2) is 0 Å². The molecule has 0 spiro atoms. The van der Waals surface area contributed by atoms with Crippen molar-refractivity contribution in [2.24, 2.45) is 0 Å². The minimum absolute atomic E-state index is 0.804. The lowest BCUT2D eigenvalue weighted by Gasteiger charge is -2.22. The maximum atomic E-state index is 5.37. The van der Waals surface area contributed by atoms with Gasteiger partial charge in [0.05, 0.1) is 7.11 Å². The third-order valence-electron chi connectivity index (χ3n) is 3.17. The van der Waals surface area contributed by atoms with Crippen molar-refractivity contribution in [3.8, 4) is 5.75 Å². The second kappa shape index (κ2) is 6.92. The molecule has 1 unspecified atom stereocenters. The number of aryl methyl sites for hydroxylation is 1. The summed E-state index contributed by atoms with van der Waals surface area (Å²) in [6.07, 6.45) is 3.79. The van der Waals surface area contributed by atoms with Gasteiger partial charge in [0.2, 0.25) is 0 Å². The Kier molecular flexibility index (Phi) is 5.20. The zero-order valence-corrected chi connectivity index (χ0v) is 11.3. The number of piperidine rings is 1. The minimum atomic E-state index is 0.804. The molecule has 1 saturated heterocycles. The van der Waals surface area contributed by atoms with Gasteiger partial charge >= 0.3 is 0 Å². The number of benzene rings is 1. The minimum Gasteiger partial charge on any atom is -0.496 e. The van der Waals surface area contributed by atoms with Gasteiger partial charge in [-0.15, -0.1) is 0 Å². The van der Waals surface area contributed by atoms with Crippen molar-refractivity contribution in [2.75, 3.05) is 26.0 Å². The number of hydrogen-bond donors (Lipinski definition) is 1. The maximum Gasteiger partial charge on any atom is 0.122 e. The van der Waals surface area contributed by atoms with E-state index in [1.807, 2.05) is 12.1 Å². The summed E-state index contributed by atoms with van der Waals surface area (Å²) in [6, 6.07) is 8.33. The third kappa shape index (κ3) is 3.93. The summed E-state index contributed by atoms with van der Waals surface area (Å²) >= 11 is 2.09. The van der Waals surface area contributed by atoms with Crippen LogP contribution in [0.25, 0.3) is 0 Å². The molecule has 1 aromatic rings. The smallest absolute Gasteiger partial charge is 0.122 e. The van der Waals surface area contributed by atoms with Crippen LogP contribution in [0.15, 0.2) is 24.3 Å². The highest BCUT2D eigenvalue weighted by Gasteiger charge is 2.13. The van der Waals surface area contributed by atoms with Crippen LogP contribution >= 0.6 is 11.8 Å².